The molecule has 1 amide bonds. The van der Waals surface area contributed by atoms with E-state index >= 15 is 0 Å². The number of amides is 1. The van der Waals surface area contributed by atoms with Gasteiger partial charge in [0, 0.05) is 61.6 Å². The molecule has 3 aromatic heterocycles. The molecule has 1 aliphatic carbocycles. The minimum Gasteiger partial charge on any atom is -0.444 e. The number of benzene rings is 1. The summed E-state index contributed by atoms with van der Waals surface area (Å²) in [7, 11) is 0. The van der Waals surface area contributed by atoms with E-state index in [1.54, 1.807) is 29.4 Å². The van der Waals surface area contributed by atoms with Gasteiger partial charge in [-0.15, -0.1) is 0 Å². The van der Waals surface area contributed by atoms with Crippen LogP contribution in [0.5, 0.6) is 0 Å². The first-order valence-electron chi connectivity index (χ1n) is 13.8. The maximum atomic E-state index is 14.3. The maximum Gasteiger partial charge on any atom is 0.410 e. The van der Waals surface area contributed by atoms with Crippen LogP contribution in [0.4, 0.5) is 15.0 Å². The fourth-order valence-corrected chi connectivity index (χ4v) is 5.13. The molecule has 206 valence electrons. The van der Waals surface area contributed by atoms with Crippen LogP contribution < -0.4 is 4.90 Å². The van der Waals surface area contributed by atoms with Crippen molar-refractivity contribution in [2.24, 2.45) is 0 Å². The van der Waals surface area contributed by atoms with Gasteiger partial charge < -0.3 is 14.5 Å². The number of aromatic nitrogens is 4. The van der Waals surface area contributed by atoms with Crippen LogP contribution in [0, 0.1) is 5.82 Å². The molecule has 2 fully saturated rings. The Balaban J connectivity index is 1.34. The number of piperazine rings is 1. The predicted octanol–water partition coefficient (Wildman–Crippen LogP) is 5.75. The van der Waals surface area contributed by atoms with Crippen molar-refractivity contribution in [3.8, 4) is 11.4 Å². The minimum atomic E-state index is -0.534. The van der Waals surface area contributed by atoms with Crippen LogP contribution >= 0.6 is 0 Å². The summed E-state index contributed by atoms with van der Waals surface area (Å²) >= 11 is 0. The van der Waals surface area contributed by atoms with E-state index in [1.165, 1.54) is 11.6 Å². The maximum absolute atomic E-state index is 14.3. The fraction of sp³-hybridized carbons (Fsp3) is 0.387. The van der Waals surface area contributed by atoms with Gasteiger partial charge in [0.05, 0.1) is 11.7 Å². The number of carbonyl (C=O) groups is 1. The molecule has 0 unspecified atom stereocenters. The molecule has 8 nitrogen and oxygen atoms in total. The van der Waals surface area contributed by atoms with E-state index in [0.29, 0.717) is 49.9 Å². The lowest BCUT2D eigenvalue weighted by atomic mass is 10.1. The molecular formula is C31H33FN6O2. The molecule has 4 heterocycles. The normalized spacial score (nSPS) is 15.9. The Kier molecular flexibility index (Phi) is 6.82. The summed E-state index contributed by atoms with van der Waals surface area (Å²) in [6.45, 7) is 7.99. The SMILES string of the molecule is CC(C)(C)OC(=O)N1CCN(c2nc(-c3ccnc(Cc4ccccc4F)c3)nc3cncc(C4CC4)c23)CC1. The van der Waals surface area contributed by atoms with Gasteiger partial charge in [0.25, 0.3) is 0 Å². The third kappa shape index (κ3) is 5.59. The topological polar surface area (TPSA) is 84.3 Å². The number of ether oxygens (including phenoxy) is 1. The number of anilines is 1. The molecule has 0 radical (unpaired) electrons. The van der Waals surface area contributed by atoms with E-state index in [4.69, 9.17) is 14.7 Å². The Morgan fingerprint density at radius 2 is 1.82 bits per heavy atom. The quantitative estimate of drug-likeness (QED) is 0.319. The first-order chi connectivity index (χ1) is 19.2. The largest absolute Gasteiger partial charge is 0.444 e. The van der Waals surface area contributed by atoms with E-state index in [0.717, 1.165) is 40.8 Å². The monoisotopic (exact) mass is 540 g/mol. The number of fused-ring (bicyclic) bond motifs is 1. The van der Waals surface area contributed by atoms with E-state index < -0.39 is 5.60 Å². The van der Waals surface area contributed by atoms with Crippen LogP contribution in [0.3, 0.4) is 0 Å². The van der Waals surface area contributed by atoms with E-state index in [-0.39, 0.29) is 11.9 Å². The molecule has 0 atom stereocenters. The number of carbonyl (C=O) groups excluding carboxylic acids is 1. The lowest BCUT2D eigenvalue weighted by Gasteiger charge is -2.36. The standard InChI is InChI=1S/C31H33FN6O2/c1-31(2,3)40-30(39)38-14-12-37(13-15-38)29-27-24(20-8-9-20)18-33-19-26(27)35-28(36-29)22-10-11-34-23(17-22)16-21-6-4-5-7-25(21)32/h4-7,10-11,17-20H,8-9,12-16H2,1-3H3. The van der Waals surface area contributed by atoms with Crippen LogP contribution in [0.15, 0.2) is 55.0 Å². The van der Waals surface area contributed by atoms with E-state index in [1.807, 2.05) is 45.2 Å². The molecule has 1 saturated heterocycles. The Morgan fingerprint density at radius 1 is 1.05 bits per heavy atom. The first-order valence-corrected chi connectivity index (χ1v) is 13.8. The van der Waals surface area contributed by atoms with Crippen molar-refractivity contribution >= 4 is 22.8 Å². The van der Waals surface area contributed by atoms with Gasteiger partial charge in [-0.05, 0) is 68.9 Å². The fourth-order valence-electron chi connectivity index (χ4n) is 5.13. The molecular weight excluding hydrogens is 507 g/mol. The van der Waals surface area contributed by atoms with Crippen LogP contribution in [-0.2, 0) is 11.2 Å². The zero-order valence-electron chi connectivity index (χ0n) is 23.1. The molecule has 1 aromatic carbocycles. The van der Waals surface area contributed by atoms with Gasteiger partial charge in [-0.1, -0.05) is 18.2 Å². The summed E-state index contributed by atoms with van der Waals surface area (Å²) in [6, 6.07) is 10.6. The van der Waals surface area contributed by atoms with Crippen molar-refractivity contribution < 1.29 is 13.9 Å². The Hall–Kier alpha value is -4.14. The smallest absolute Gasteiger partial charge is 0.410 e. The number of hydrogen-bond acceptors (Lipinski definition) is 7. The summed E-state index contributed by atoms with van der Waals surface area (Å²) in [5, 5.41) is 1.03. The highest BCUT2D eigenvalue weighted by atomic mass is 19.1. The molecule has 40 heavy (non-hydrogen) atoms. The number of pyridine rings is 2. The van der Waals surface area contributed by atoms with Gasteiger partial charge in [-0.25, -0.2) is 19.2 Å². The molecule has 2 aliphatic rings. The molecule has 1 aliphatic heterocycles. The molecule has 6 rings (SSSR count). The van der Waals surface area contributed by atoms with Gasteiger partial charge in [0.2, 0.25) is 0 Å². The highest BCUT2D eigenvalue weighted by Crippen LogP contribution is 2.45. The molecule has 0 N–H and O–H groups in total. The van der Waals surface area contributed by atoms with Gasteiger partial charge in [-0.3, -0.25) is 9.97 Å². The lowest BCUT2D eigenvalue weighted by molar-refractivity contribution is 0.0240. The lowest BCUT2D eigenvalue weighted by Crippen LogP contribution is -2.50. The van der Waals surface area contributed by atoms with Gasteiger partial charge in [0.15, 0.2) is 5.82 Å². The van der Waals surface area contributed by atoms with Crippen molar-refractivity contribution in [3.63, 3.8) is 0 Å². The minimum absolute atomic E-state index is 0.247. The molecule has 1 saturated carbocycles. The Morgan fingerprint density at radius 3 is 2.55 bits per heavy atom. The van der Waals surface area contributed by atoms with Crippen molar-refractivity contribution in [1.29, 1.82) is 0 Å². The average Bonchev–Trinajstić information content (AvgIpc) is 3.78. The van der Waals surface area contributed by atoms with Gasteiger partial charge >= 0.3 is 6.09 Å². The number of nitrogens with zero attached hydrogens (tertiary/aromatic N) is 6. The average molecular weight is 541 g/mol. The summed E-state index contributed by atoms with van der Waals surface area (Å²) in [5.74, 6) is 1.66. The molecule has 0 spiro atoms. The third-order valence-corrected chi connectivity index (χ3v) is 7.27. The van der Waals surface area contributed by atoms with Gasteiger partial charge in [0.1, 0.15) is 17.2 Å². The summed E-state index contributed by atoms with van der Waals surface area (Å²) in [5.41, 5.74) is 3.59. The van der Waals surface area contributed by atoms with E-state index in [2.05, 4.69) is 14.9 Å². The summed E-state index contributed by atoms with van der Waals surface area (Å²) in [6.07, 6.45) is 7.83. The van der Waals surface area contributed by atoms with Crippen molar-refractivity contribution in [3.05, 3.63) is 77.6 Å². The Bertz CT molecular complexity index is 1560. The predicted molar refractivity (Wildman–Crippen MR) is 152 cm³/mol. The second-order valence-electron chi connectivity index (χ2n) is 11.5. The number of hydrogen-bond donors (Lipinski definition) is 0. The molecule has 9 heteroatoms. The van der Waals surface area contributed by atoms with Crippen molar-refractivity contribution in [2.75, 3.05) is 31.1 Å². The highest BCUT2D eigenvalue weighted by Gasteiger charge is 2.31. The second-order valence-corrected chi connectivity index (χ2v) is 11.5. The number of halogens is 1. The van der Waals surface area contributed by atoms with Crippen LogP contribution in [0.1, 0.15) is 56.4 Å². The van der Waals surface area contributed by atoms with Crippen LogP contribution in [0.25, 0.3) is 22.3 Å². The van der Waals surface area contributed by atoms with Crippen molar-refractivity contribution in [1.82, 2.24) is 24.8 Å². The number of rotatable bonds is 5. The van der Waals surface area contributed by atoms with Gasteiger partial charge in [-0.2, -0.15) is 0 Å². The Labute approximate surface area is 233 Å². The van der Waals surface area contributed by atoms with Crippen LogP contribution in [0.2, 0.25) is 0 Å². The summed E-state index contributed by atoms with van der Waals surface area (Å²) < 4.78 is 19.9. The van der Waals surface area contributed by atoms with Crippen molar-refractivity contribution in [2.45, 2.75) is 51.6 Å². The zero-order chi connectivity index (χ0) is 27.9. The molecule has 0 bridgehead atoms. The highest BCUT2D eigenvalue weighted by molar-refractivity contribution is 5.94. The third-order valence-electron chi connectivity index (χ3n) is 7.27. The first kappa shape index (κ1) is 26.1. The zero-order valence-corrected chi connectivity index (χ0v) is 23.1. The summed E-state index contributed by atoms with van der Waals surface area (Å²) in [4.78, 5) is 35.7. The van der Waals surface area contributed by atoms with E-state index in [9.17, 15) is 9.18 Å². The van der Waals surface area contributed by atoms with Crippen LogP contribution in [-0.4, -0.2) is 62.7 Å². The second kappa shape index (κ2) is 10.4. The molecule has 4 aromatic rings.